The van der Waals surface area contributed by atoms with Crippen molar-refractivity contribution < 1.29 is 0 Å². The summed E-state index contributed by atoms with van der Waals surface area (Å²) in [4.78, 5) is 19.9. The number of hydrogen-bond donors (Lipinski definition) is 0. The van der Waals surface area contributed by atoms with Crippen LogP contribution in [-0.2, 0) is 0 Å². The van der Waals surface area contributed by atoms with E-state index >= 15 is 0 Å². The van der Waals surface area contributed by atoms with Gasteiger partial charge in [-0.1, -0.05) is 146 Å². The molecule has 4 nitrogen and oxygen atoms in total. The lowest BCUT2D eigenvalue weighted by Crippen LogP contribution is -2.00. The van der Waals surface area contributed by atoms with E-state index in [2.05, 4.69) is 97.1 Å². The van der Waals surface area contributed by atoms with Crippen LogP contribution in [0.5, 0.6) is 0 Å². The van der Waals surface area contributed by atoms with Crippen molar-refractivity contribution in [1.29, 1.82) is 0 Å². The molecule has 8 rings (SSSR count). The molecule has 0 saturated heterocycles. The molecule has 0 atom stereocenters. The number of benzene rings is 6. The molecule has 8 aromatic rings. The maximum absolute atomic E-state index is 5.10. The zero-order valence-corrected chi connectivity index (χ0v) is 25.0. The number of rotatable bonds is 6. The SMILES string of the molecule is c1ccc(-c2ccc3nc(-c4ccccc4)cc(-c4cccc(-c5nc(-c6ccccc6)nc(-c6ccccc6)n5)c4)c3c2)cc1. The molecule has 216 valence electrons. The van der Waals surface area contributed by atoms with Gasteiger partial charge in [-0.3, -0.25) is 0 Å². The van der Waals surface area contributed by atoms with Crippen LogP contribution in [0.3, 0.4) is 0 Å². The van der Waals surface area contributed by atoms with Gasteiger partial charge in [-0.15, -0.1) is 0 Å². The van der Waals surface area contributed by atoms with Crippen molar-refractivity contribution in [3.05, 3.63) is 170 Å². The molecular weight excluding hydrogens is 560 g/mol. The second-order valence-electron chi connectivity index (χ2n) is 11.1. The maximum Gasteiger partial charge on any atom is 0.164 e. The van der Waals surface area contributed by atoms with Crippen LogP contribution >= 0.6 is 0 Å². The molecule has 0 aliphatic carbocycles. The summed E-state index contributed by atoms with van der Waals surface area (Å²) >= 11 is 0. The summed E-state index contributed by atoms with van der Waals surface area (Å²) < 4.78 is 0. The van der Waals surface area contributed by atoms with E-state index in [9.17, 15) is 0 Å². The van der Waals surface area contributed by atoms with E-state index < -0.39 is 0 Å². The standard InChI is InChI=1S/C42H28N4/c1-5-14-29(15-6-1)33-24-25-38-37(27-33)36(28-39(43-38)30-16-7-2-8-17-30)34-22-13-23-35(26-34)42-45-40(31-18-9-3-10-19-31)44-41(46-42)32-20-11-4-12-21-32/h1-28H. The number of nitrogens with zero attached hydrogens (tertiary/aromatic N) is 4. The fraction of sp³-hybridized carbons (Fsp3) is 0. The Morgan fingerprint density at radius 2 is 0.761 bits per heavy atom. The number of pyridine rings is 1. The maximum atomic E-state index is 5.10. The third kappa shape index (κ3) is 5.44. The average molecular weight is 589 g/mol. The van der Waals surface area contributed by atoms with Gasteiger partial charge in [0.2, 0.25) is 0 Å². The second kappa shape index (κ2) is 12.0. The van der Waals surface area contributed by atoms with E-state index in [0.29, 0.717) is 17.5 Å². The molecule has 0 saturated carbocycles. The number of aromatic nitrogens is 4. The van der Waals surface area contributed by atoms with Crippen LogP contribution in [0.1, 0.15) is 0 Å². The highest BCUT2D eigenvalue weighted by Crippen LogP contribution is 2.36. The van der Waals surface area contributed by atoms with Crippen molar-refractivity contribution in [2.75, 3.05) is 0 Å². The van der Waals surface area contributed by atoms with Crippen molar-refractivity contribution in [2.24, 2.45) is 0 Å². The first-order valence-electron chi connectivity index (χ1n) is 15.3. The van der Waals surface area contributed by atoms with E-state index in [-0.39, 0.29) is 0 Å². The molecule has 0 N–H and O–H groups in total. The van der Waals surface area contributed by atoms with Gasteiger partial charge < -0.3 is 0 Å². The van der Waals surface area contributed by atoms with Crippen LogP contribution in [0.4, 0.5) is 0 Å². The zero-order chi connectivity index (χ0) is 30.7. The first kappa shape index (κ1) is 27.3. The van der Waals surface area contributed by atoms with Crippen LogP contribution in [0.15, 0.2) is 170 Å². The van der Waals surface area contributed by atoms with Crippen molar-refractivity contribution >= 4 is 10.9 Å². The molecule has 0 amide bonds. The Morgan fingerprint density at radius 1 is 0.283 bits per heavy atom. The molecule has 6 aromatic carbocycles. The smallest absolute Gasteiger partial charge is 0.164 e. The normalized spacial score (nSPS) is 11.0. The molecule has 2 heterocycles. The fourth-order valence-electron chi connectivity index (χ4n) is 5.80. The summed E-state index contributed by atoms with van der Waals surface area (Å²) in [5.41, 5.74) is 10.2. The second-order valence-corrected chi connectivity index (χ2v) is 11.1. The Morgan fingerprint density at radius 3 is 1.35 bits per heavy atom. The predicted molar refractivity (Wildman–Crippen MR) is 188 cm³/mol. The quantitative estimate of drug-likeness (QED) is 0.194. The Bertz CT molecular complexity index is 2230. The van der Waals surface area contributed by atoms with Crippen LogP contribution in [0, 0.1) is 0 Å². The molecule has 0 radical (unpaired) electrons. The minimum atomic E-state index is 0.626. The van der Waals surface area contributed by atoms with Gasteiger partial charge in [0.05, 0.1) is 11.2 Å². The Hall–Kier alpha value is -6.26. The molecule has 4 heteroatoms. The van der Waals surface area contributed by atoms with Crippen LogP contribution in [0.25, 0.3) is 78.6 Å². The minimum absolute atomic E-state index is 0.626. The molecular formula is C42H28N4. The van der Waals surface area contributed by atoms with Gasteiger partial charge in [0.15, 0.2) is 17.5 Å². The molecule has 0 aliphatic heterocycles. The Balaban J connectivity index is 1.32. The molecule has 0 aliphatic rings. The van der Waals surface area contributed by atoms with E-state index in [4.69, 9.17) is 19.9 Å². The highest BCUT2D eigenvalue weighted by atomic mass is 15.0. The summed E-state index contributed by atoms with van der Waals surface area (Å²) in [6.07, 6.45) is 0. The average Bonchev–Trinajstić information content (AvgIpc) is 3.15. The van der Waals surface area contributed by atoms with E-state index in [1.807, 2.05) is 72.8 Å². The van der Waals surface area contributed by atoms with Gasteiger partial charge in [0.1, 0.15) is 0 Å². The number of fused-ring (bicyclic) bond motifs is 1. The molecule has 0 bridgehead atoms. The third-order valence-corrected chi connectivity index (χ3v) is 8.12. The van der Waals surface area contributed by atoms with E-state index in [0.717, 1.165) is 55.5 Å². The molecule has 0 spiro atoms. The topological polar surface area (TPSA) is 51.6 Å². The first-order valence-corrected chi connectivity index (χ1v) is 15.3. The fourth-order valence-corrected chi connectivity index (χ4v) is 5.80. The van der Waals surface area contributed by atoms with E-state index in [1.54, 1.807) is 0 Å². The van der Waals surface area contributed by atoms with Crippen LogP contribution in [0.2, 0.25) is 0 Å². The zero-order valence-electron chi connectivity index (χ0n) is 25.0. The molecule has 0 unspecified atom stereocenters. The monoisotopic (exact) mass is 588 g/mol. The summed E-state index contributed by atoms with van der Waals surface area (Å²) in [5, 5.41) is 1.09. The van der Waals surface area contributed by atoms with Crippen molar-refractivity contribution in [3.8, 4) is 67.7 Å². The highest BCUT2D eigenvalue weighted by molar-refractivity contribution is 5.99. The van der Waals surface area contributed by atoms with Crippen molar-refractivity contribution in [1.82, 2.24) is 19.9 Å². The highest BCUT2D eigenvalue weighted by Gasteiger charge is 2.15. The summed E-state index contributed by atoms with van der Waals surface area (Å²) in [7, 11) is 0. The summed E-state index contributed by atoms with van der Waals surface area (Å²) in [6, 6.07) is 58.2. The van der Waals surface area contributed by atoms with Gasteiger partial charge in [-0.25, -0.2) is 19.9 Å². The van der Waals surface area contributed by atoms with Gasteiger partial charge >= 0.3 is 0 Å². The van der Waals surface area contributed by atoms with Crippen LogP contribution in [-0.4, -0.2) is 19.9 Å². The Labute approximate surface area is 267 Å². The lowest BCUT2D eigenvalue weighted by atomic mass is 9.94. The summed E-state index contributed by atoms with van der Waals surface area (Å²) in [6.45, 7) is 0. The van der Waals surface area contributed by atoms with Crippen molar-refractivity contribution in [3.63, 3.8) is 0 Å². The molecule has 46 heavy (non-hydrogen) atoms. The first-order chi connectivity index (χ1) is 22.8. The third-order valence-electron chi connectivity index (χ3n) is 8.12. The van der Waals surface area contributed by atoms with Gasteiger partial charge in [0.25, 0.3) is 0 Å². The molecule has 0 fully saturated rings. The largest absolute Gasteiger partial charge is 0.248 e. The van der Waals surface area contributed by atoms with Gasteiger partial charge in [0, 0.05) is 27.6 Å². The number of hydrogen-bond acceptors (Lipinski definition) is 4. The van der Waals surface area contributed by atoms with Gasteiger partial charge in [-0.05, 0) is 46.5 Å². The lowest BCUT2D eigenvalue weighted by molar-refractivity contribution is 1.07. The van der Waals surface area contributed by atoms with Crippen LogP contribution < -0.4 is 0 Å². The Kier molecular flexibility index (Phi) is 7.14. The van der Waals surface area contributed by atoms with Crippen molar-refractivity contribution in [2.45, 2.75) is 0 Å². The summed E-state index contributed by atoms with van der Waals surface area (Å²) in [5.74, 6) is 1.91. The minimum Gasteiger partial charge on any atom is -0.248 e. The van der Waals surface area contributed by atoms with Gasteiger partial charge in [-0.2, -0.15) is 0 Å². The van der Waals surface area contributed by atoms with E-state index in [1.165, 1.54) is 5.56 Å². The predicted octanol–water partition coefficient (Wildman–Crippen LogP) is 10.4. The molecule has 2 aromatic heterocycles. The lowest BCUT2D eigenvalue weighted by Gasteiger charge is -2.13.